The number of pyridine rings is 1. The van der Waals surface area contributed by atoms with E-state index in [4.69, 9.17) is 12.2 Å². The van der Waals surface area contributed by atoms with Gasteiger partial charge in [-0.15, -0.1) is 0 Å². The second kappa shape index (κ2) is 8.76. The molecule has 1 aromatic carbocycles. The molecular formula is C17H21N3S2. The van der Waals surface area contributed by atoms with Crippen LogP contribution in [-0.2, 0) is 5.75 Å². The number of rotatable bonds is 6. The van der Waals surface area contributed by atoms with Gasteiger partial charge < -0.3 is 10.6 Å². The topological polar surface area (TPSA) is 37.0 Å². The molecule has 2 rings (SSSR count). The van der Waals surface area contributed by atoms with Crippen LogP contribution >= 0.6 is 24.0 Å². The number of aryl methyl sites for hydroxylation is 2. The summed E-state index contributed by atoms with van der Waals surface area (Å²) in [5.74, 6) is 2.82. The molecule has 5 heteroatoms. The van der Waals surface area contributed by atoms with Gasteiger partial charge in [-0.3, -0.25) is 0 Å². The Hall–Kier alpha value is -1.59. The third kappa shape index (κ3) is 5.66. The highest BCUT2D eigenvalue weighted by atomic mass is 32.2. The Balaban J connectivity index is 1.63. The maximum absolute atomic E-state index is 5.26. The SMILES string of the molecule is Cc1ccc(NC(=S)NCCSCc2ccccc2C)nc1. The molecule has 1 heterocycles. The molecule has 0 spiro atoms. The van der Waals surface area contributed by atoms with Crippen LogP contribution in [0.5, 0.6) is 0 Å². The first-order valence-electron chi connectivity index (χ1n) is 7.25. The van der Waals surface area contributed by atoms with E-state index in [1.807, 2.05) is 37.0 Å². The first kappa shape index (κ1) is 16.8. The number of nitrogens with one attached hydrogen (secondary N) is 2. The molecule has 1 aromatic heterocycles. The fourth-order valence-electron chi connectivity index (χ4n) is 1.89. The van der Waals surface area contributed by atoms with Crippen LogP contribution in [0.2, 0.25) is 0 Å². The lowest BCUT2D eigenvalue weighted by Gasteiger charge is -2.10. The fourth-order valence-corrected chi connectivity index (χ4v) is 3.03. The minimum Gasteiger partial charge on any atom is -0.362 e. The summed E-state index contributed by atoms with van der Waals surface area (Å²) >= 11 is 7.17. The molecule has 0 radical (unpaired) electrons. The molecular weight excluding hydrogens is 310 g/mol. The maximum atomic E-state index is 5.26. The van der Waals surface area contributed by atoms with Gasteiger partial charge in [-0.05, 0) is 48.8 Å². The van der Waals surface area contributed by atoms with Gasteiger partial charge >= 0.3 is 0 Å². The van der Waals surface area contributed by atoms with E-state index in [-0.39, 0.29) is 0 Å². The molecule has 0 bridgehead atoms. The number of thioether (sulfide) groups is 1. The summed E-state index contributed by atoms with van der Waals surface area (Å²) in [6, 6.07) is 12.4. The average molecular weight is 332 g/mol. The van der Waals surface area contributed by atoms with Crippen molar-refractivity contribution in [2.45, 2.75) is 19.6 Å². The predicted octanol–water partition coefficient (Wildman–Crippen LogP) is 3.92. The summed E-state index contributed by atoms with van der Waals surface area (Å²) in [5, 5.41) is 6.91. The van der Waals surface area contributed by atoms with Crippen molar-refractivity contribution in [2.75, 3.05) is 17.6 Å². The summed E-state index contributed by atoms with van der Waals surface area (Å²) in [4.78, 5) is 4.27. The van der Waals surface area contributed by atoms with E-state index in [2.05, 4.69) is 46.8 Å². The zero-order valence-electron chi connectivity index (χ0n) is 12.9. The summed E-state index contributed by atoms with van der Waals surface area (Å²) in [6.07, 6.45) is 1.82. The van der Waals surface area contributed by atoms with Crippen molar-refractivity contribution in [1.82, 2.24) is 10.3 Å². The molecule has 2 aromatic rings. The van der Waals surface area contributed by atoms with E-state index in [0.29, 0.717) is 5.11 Å². The third-order valence-corrected chi connectivity index (χ3v) is 4.46. The molecule has 0 saturated heterocycles. The number of nitrogens with zero attached hydrogens (tertiary/aromatic N) is 1. The minimum atomic E-state index is 0.618. The monoisotopic (exact) mass is 331 g/mol. The lowest BCUT2D eigenvalue weighted by atomic mass is 10.1. The highest BCUT2D eigenvalue weighted by molar-refractivity contribution is 7.98. The Morgan fingerprint density at radius 2 is 2.00 bits per heavy atom. The van der Waals surface area contributed by atoms with Gasteiger partial charge in [0.15, 0.2) is 5.11 Å². The van der Waals surface area contributed by atoms with Gasteiger partial charge in [-0.2, -0.15) is 11.8 Å². The van der Waals surface area contributed by atoms with Gasteiger partial charge in [-0.1, -0.05) is 30.3 Å². The number of hydrogen-bond acceptors (Lipinski definition) is 3. The van der Waals surface area contributed by atoms with Crippen LogP contribution in [0, 0.1) is 13.8 Å². The van der Waals surface area contributed by atoms with E-state index in [1.54, 1.807) is 0 Å². The number of benzene rings is 1. The van der Waals surface area contributed by atoms with Crippen molar-refractivity contribution in [3.8, 4) is 0 Å². The van der Waals surface area contributed by atoms with Gasteiger partial charge in [0, 0.05) is 24.2 Å². The summed E-state index contributed by atoms with van der Waals surface area (Å²) < 4.78 is 0. The van der Waals surface area contributed by atoms with Gasteiger partial charge in [0.2, 0.25) is 0 Å². The molecule has 0 aliphatic heterocycles. The van der Waals surface area contributed by atoms with Crippen molar-refractivity contribution in [3.05, 3.63) is 59.3 Å². The van der Waals surface area contributed by atoms with Crippen LogP contribution in [0.15, 0.2) is 42.6 Å². The first-order valence-corrected chi connectivity index (χ1v) is 8.81. The third-order valence-electron chi connectivity index (χ3n) is 3.20. The lowest BCUT2D eigenvalue weighted by molar-refractivity contribution is 0.988. The van der Waals surface area contributed by atoms with Gasteiger partial charge in [0.25, 0.3) is 0 Å². The molecule has 0 fully saturated rings. The van der Waals surface area contributed by atoms with Crippen LogP contribution in [0.4, 0.5) is 5.82 Å². The van der Waals surface area contributed by atoms with E-state index >= 15 is 0 Å². The second-order valence-corrected chi connectivity index (χ2v) is 6.59. The highest BCUT2D eigenvalue weighted by Crippen LogP contribution is 2.15. The largest absolute Gasteiger partial charge is 0.362 e. The number of anilines is 1. The predicted molar refractivity (Wildman–Crippen MR) is 101 cm³/mol. The van der Waals surface area contributed by atoms with Crippen molar-refractivity contribution in [1.29, 1.82) is 0 Å². The number of thiocarbonyl (C=S) groups is 1. The molecule has 0 saturated carbocycles. The lowest BCUT2D eigenvalue weighted by Crippen LogP contribution is -2.30. The van der Waals surface area contributed by atoms with Crippen molar-refractivity contribution >= 4 is 34.9 Å². The zero-order chi connectivity index (χ0) is 15.8. The Labute approximate surface area is 141 Å². The normalized spacial score (nSPS) is 10.3. The zero-order valence-corrected chi connectivity index (χ0v) is 14.6. The standard InChI is InChI=1S/C17H21N3S2/c1-13-7-8-16(19-11-13)20-17(21)18-9-10-22-12-15-6-4-3-5-14(15)2/h3-8,11H,9-10,12H2,1-2H3,(H2,18,19,20,21). The molecule has 2 N–H and O–H groups in total. The van der Waals surface area contributed by atoms with E-state index in [9.17, 15) is 0 Å². The fraction of sp³-hybridized carbons (Fsp3) is 0.294. The van der Waals surface area contributed by atoms with Gasteiger partial charge in [-0.25, -0.2) is 4.98 Å². The van der Waals surface area contributed by atoms with E-state index in [1.165, 1.54) is 11.1 Å². The molecule has 0 unspecified atom stereocenters. The van der Waals surface area contributed by atoms with Crippen molar-refractivity contribution < 1.29 is 0 Å². The minimum absolute atomic E-state index is 0.618. The molecule has 0 atom stereocenters. The summed E-state index contributed by atoms with van der Waals surface area (Å²) in [6.45, 7) is 5.01. The van der Waals surface area contributed by atoms with Gasteiger partial charge in [0.05, 0.1) is 0 Å². The number of aromatic nitrogens is 1. The summed E-state index contributed by atoms with van der Waals surface area (Å²) in [7, 11) is 0. The van der Waals surface area contributed by atoms with Crippen molar-refractivity contribution in [3.63, 3.8) is 0 Å². The van der Waals surface area contributed by atoms with Crippen molar-refractivity contribution in [2.24, 2.45) is 0 Å². The Kier molecular flexibility index (Phi) is 6.68. The molecule has 0 aliphatic rings. The Morgan fingerprint density at radius 3 is 2.73 bits per heavy atom. The smallest absolute Gasteiger partial charge is 0.171 e. The Morgan fingerprint density at radius 1 is 1.18 bits per heavy atom. The van der Waals surface area contributed by atoms with Crippen LogP contribution in [0.25, 0.3) is 0 Å². The van der Waals surface area contributed by atoms with Crippen LogP contribution in [-0.4, -0.2) is 22.4 Å². The quantitative estimate of drug-likeness (QED) is 0.620. The van der Waals surface area contributed by atoms with Gasteiger partial charge in [0.1, 0.15) is 5.82 Å². The molecule has 0 amide bonds. The summed E-state index contributed by atoms with van der Waals surface area (Å²) in [5.41, 5.74) is 3.89. The number of hydrogen-bond donors (Lipinski definition) is 2. The molecule has 3 nitrogen and oxygen atoms in total. The van der Waals surface area contributed by atoms with Crippen LogP contribution in [0.3, 0.4) is 0 Å². The molecule has 0 aliphatic carbocycles. The average Bonchev–Trinajstić information content (AvgIpc) is 2.51. The van der Waals surface area contributed by atoms with Crippen LogP contribution < -0.4 is 10.6 Å². The molecule has 22 heavy (non-hydrogen) atoms. The highest BCUT2D eigenvalue weighted by Gasteiger charge is 2.00. The van der Waals surface area contributed by atoms with E-state index in [0.717, 1.165) is 29.4 Å². The van der Waals surface area contributed by atoms with E-state index < -0.39 is 0 Å². The first-order chi connectivity index (χ1) is 10.6. The maximum Gasteiger partial charge on any atom is 0.171 e. The van der Waals surface area contributed by atoms with Crippen LogP contribution in [0.1, 0.15) is 16.7 Å². The Bertz CT molecular complexity index is 612. The molecule has 116 valence electrons. The second-order valence-electron chi connectivity index (χ2n) is 5.08.